The van der Waals surface area contributed by atoms with Gasteiger partial charge in [0.25, 0.3) is 0 Å². The van der Waals surface area contributed by atoms with Gasteiger partial charge in [-0.15, -0.1) is 0 Å². The maximum atomic E-state index is 11.4. The molecule has 5 rings (SSSR count). The molecule has 0 radical (unpaired) electrons. The zero-order valence-corrected chi connectivity index (χ0v) is 26.9. The molecule has 0 amide bonds. The number of hydrogen-bond donors (Lipinski definition) is 5. The molecule has 0 spiro atoms. The van der Waals surface area contributed by atoms with Crippen molar-refractivity contribution >= 4 is 0 Å². The van der Waals surface area contributed by atoms with Crippen molar-refractivity contribution in [1.29, 1.82) is 0 Å². The van der Waals surface area contributed by atoms with Crippen molar-refractivity contribution in [1.82, 2.24) is 0 Å². The fourth-order valence-electron chi connectivity index (χ4n) is 6.37. The quantitative estimate of drug-likeness (QED) is 0.123. The van der Waals surface area contributed by atoms with E-state index in [1.807, 2.05) is 96.1 Å². The largest absolute Gasteiger partial charge is 0.508 e. The molecular formula is C40H42O5. The van der Waals surface area contributed by atoms with Crippen molar-refractivity contribution in [3.05, 3.63) is 145 Å². The lowest BCUT2D eigenvalue weighted by molar-refractivity contribution is 0.455. The van der Waals surface area contributed by atoms with Gasteiger partial charge in [-0.25, -0.2) is 0 Å². The summed E-state index contributed by atoms with van der Waals surface area (Å²) < 4.78 is 0. The highest BCUT2D eigenvalue weighted by atomic mass is 16.3. The number of phenols is 5. The zero-order valence-electron chi connectivity index (χ0n) is 26.9. The Morgan fingerprint density at radius 2 is 0.756 bits per heavy atom. The van der Waals surface area contributed by atoms with Gasteiger partial charge in [0.1, 0.15) is 28.7 Å². The second-order valence-electron chi connectivity index (χ2n) is 12.6. The van der Waals surface area contributed by atoms with Crippen molar-refractivity contribution < 1.29 is 25.5 Å². The monoisotopic (exact) mass is 602 g/mol. The van der Waals surface area contributed by atoms with Crippen molar-refractivity contribution in [2.45, 2.75) is 67.2 Å². The molecule has 0 saturated carbocycles. The molecule has 0 aromatic heterocycles. The van der Waals surface area contributed by atoms with Crippen LogP contribution in [-0.4, -0.2) is 25.5 Å². The van der Waals surface area contributed by atoms with Crippen LogP contribution in [-0.2, 0) is 25.7 Å². The molecule has 45 heavy (non-hydrogen) atoms. The number of benzene rings is 5. The molecule has 5 N–H and O–H groups in total. The van der Waals surface area contributed by atoms with E-state index in [9.17, 15) is 25.5 Å². The van der Waals surface area contributed by atoms with Crippen LogP contribution >= 0.6 is 0 Å². The highest BCUT2D eigenvalue weighted by Crippen LogP contribution is 2.38. The lowest BCUT2D eigenvalue weighted by Crippen LogP contribution is -2.03. The first-order valence-electron chi connectivity index (χ1n) is 15.3. The average molecular weight is 603 g/mol. The van der Waals surface area contributed by atoms with Crippen molar-refractivity contribution in [3.8, 4) is 28.7 Å². The number of phenolic OH excluding ortho intramolecular Hbond substituents is 5. The van der Waals surface area contributed by atoms with E-state index in [4.69, 9.17) is 0 Å². The highest BCUT2D eigenvalue weighted by molar-refractivity contribution is 5.57. The molecule has 0 aliphatic heterocycles. The highest BCUT2D eigenvalue weighted by Gasteiger charge is 2.20. The Balaban J connectivity index is 1.49. The van der Waals surface area contributed by atoms with E-state index in [1.54, 1.807) is 12.1 Å². The third-order valence-corrected chi connectivity index (χ3v) is 8.79. The molecule has 0 unspecified atom stereocenters. The van der Waals surface area contributed by atoms with Crippen LogP contribution in [0.4, 0.5) is 0 Å². The minimum atomic E-state index is 0.156. The van der Waals surface area contributed by atoms with E-state index in [-0.39, 0.29) is 28.7 Å². The van der Waals surface area contributed by atoms with Gasteiger partial charge in [0.05, 0.1) is 0 Å². The van der Waals surface area contributed by atoms with E-state index in [0.717, 1.165) is 66.8 Å². The molecular weight excluding hydrogens is 560 g/mol. The summed E-state index contributed by atoms with van der Waals surface area (Å²) >= 11 is 0. The Labute approximate surface area is 265 Å². The third-order valence-electron chi connectivity index (χ3n) is 8.79. The molecule has 0 saturated heterocycles. The zero-order chi connectivity index (χ0) is 32.6. The van der Waals surface area contributed by atoms with E-state index in [1.165, 1.54) is 0 Å². The Morgan fingerprint density at radius 1 is 0.378 bits per heavy atom. The van der Waals surface area contributed by atoms with Crippen LogP contribution in [0.2, 0.25) is 0 Å². The first kappa shape index (κ1) is 31.5. The smallest absolute Gasteiger partial charge is 0.122 e. The van der Waals surface area contributed by atoms with Gasteiger partial charge in [0.15, 0.2) is 0 Å². The van der Waals surface area contributed by atoms with E-state index < -0.39 is 0 Å². The van der Waals surface area contributed by atoms with Crippen molar-refractivity contribution in [3.63, 3.8) is 0 Å². The van der Waals surface area contributed by atoms with Gasteiger partial charge in [-0.2, -0.15) is 0 Å². The van der Waals surface area contributed by atoms with Gasteiger partial charge in [0.2, 0.25) is 0 Å². The van der Waals surface area contributed by atoms with Gasteiger partial charge < -0.3 is 25.5 Å². The van der Waals surface area contributed by atoms with Crippen LogP contribution in [0.15, 0.2) is 66.7 Å². The van der Waals surface area contributed by atoms with Crippen LogP contribution in [0.3, 0.4) is 0 Å². The molecule has 0 bridgehead atoms. The first-order chi connectivity index (χ1) is 21.3. The number of hydrogen-bond acceptors (Lipinski definition) is 5. The van der Waals surface area contributed by atoms with Gasteiger partial charge in [-0.05, 0) is 104 Å². The summed E-state index contributed by atoms with van der Waals surface area (Å²) in [6, 6.07) is 20.7. The first-order valence-corrected chi connectivity index (χ1v) is 15.3. The normalized spacial score (nSPS) is 11.2. The molecule has 5 heteroatoms. The van der Waals surface area contributed by atoms with Gasteiger partial charge in [-0.1, -0.05) is 76.9 Å². The second-order valence-corrected chi connectivity index (χ2v) is 12.6. The summed E-state index contributed by atoms with van der Waals surface area (Å²) in [6.45, 7) is 11.8. The topological polar surface area (TPSA) is 101 Å². The van der Waals surface area contributed by atoms with Crippen LogP contribution < -0.4 is 0 Å². The SMILES string of the molecule is Cc1ccc(O)c(Cc2cc(C)cc(Cc3cc(C)c(O)c(Cc4cc(C)cc(Cc5cc(C)ccc5O)c4O)c3C)c2O)c1. The van der Waals surface area contributed by atoms with E-state index in [2.05, 4.69) is 0 Å². The molecule has 232 valence electrons. The summed E-state index contributed by atoms with van der Waals surface area (Å²) in [5.41, 5.74) is 11.8. The fourth-order valence-corrected chi connectivity index (χ4v) is 6.37. The van der Waals surface area contributed by atoms with E-state index >= 15 is 0 Å². The fraction of sp³-hybridized carbons (Fsp3) is 0.250. The van der Waals surface area contributed by atoms with Crippen LogP contribution in [0, 0.1) is 41.5 Å². The maximum Gasteiger partial charge on any atom is 0.122 e. The molecule has 5 nitrogen and oxygen atoms in total. The number of rotatable bonds is 8. The molecule has 5 aromatic carbocycles. The summed E-state index contributed by atoms with van der Waals surface area (Å²) in [7, 11) is 0. The molecule has 0 heterocycles. The molecule has 5 aromatic rings. The summed E-state index contributed by atoms with van der Waals surface area (Å²) in [5.74, 6) is 0.949. The molecule has 0 aliphatic carbocycles. The Morgan fingerprint density at radius 3 is 1.20 bits per heavy atom. The molecule has 0 fully saturated rings. The minimum Gasteiger partial charge on any atom is -0.508 e. The predicted octanol–water partition coefficient (Wildman–Crippen LogP) is 8.43. The van der Waals surface area contributed by atoms with Crippen LogP contribution in [0.5, 0.6) is 28.7 Å². The van der Waals surface area contributed by atoms with Gasteiger partial charge >= 0.3 is 0 Å². The second kappa shape index (κ2) is 12.6. The lowest BCUT2D eigenvalue weighted by Gasteiger charge is -2.19. The summed E-state index contributed by atoms with van der Waals surface area (Å²) in [4.78, 5) is 0. The van der Waals surface area contributed by atoms with E-state index in [0.29, 0.717) is 36.8 Å². The summed E-state index contributed by atoms with van der Waals surface area (Å²) in [5, 5.41) is 54.9. The van der Waals surface area contributed by atoms with Crippen LogP contribution in [0.1, 0.15) is 77.9 Å². The molecule has 0 atom stereocenters. The third kappa shape index (κ3) is 6.78. The Kier molecular flexibility index (Phi) is 8.83. The standard InChI is InChI=1S/C40H42O5/c1-22-7-9-36(41)29(11-22)19-32-14-24(3)13-31(39(32)44)18-28-17-26(5)38(43)35(27(28)6)21-34-16-25(4)15-33(40(34)45)20-30-12-23(2)8-10-37(30)42/h7-17,41-45H,18-21H2,1-6H3. The minimum absolute atomic E-state index is 0.156. The number of aryl methyl sites for hydroxylation is 5. The predicted molar refractivity (Wildman–Crippen MR) is 180 cm³/mol. The van der Waals surface area contributed by atoms with Gasteiger partial charge in [-0.3, -0.25) is 0 Å². The summed E-state index contributed by atoms with van der Waals surface area (Å²) in [6.07, 6.45) is 1.57. The van der Waals surface area contributed by atoms with Crippen molar-refractivity contribution in [2.75, 3.05) is 0 Å². The Hall–Kier alpha value is -4.90. The number of aromatic hydroxyl groups is 5. The molecule has 0 aliphatic rings. The maximum absolute atomic E-state index is 11.4. The van der Waals surface area contributed by atoms with Crippen LogP contribution in [0.25, 0.3) is 0 Å². The van der Waals surface area contributed by atoms with Crippen molar-refractivity contribution in [2.24, 2.45) is 0 Å². The average Bonchev–Trinajstić information content (AvgIpc) is 2.98. The Bertz CT molecular complexity index is 1920. The van der Waals surface area contributed by atoms with Gasteiger partial charge in [0, 0.05) is 31.2 Å². The lowest BCUT2D eigenvalue weighted by atomic mass is 9.87.